The first-order chi connectivity index (χ1) is 7.70. The van der Waals surface area contributed by atoms with Crippen molar-refractivity contribution in [2.24, 2.45) is 11.1 Å². The third kappa shape index (κ3) is 4.00. The van der Waals surface area contributed by atoms with E-state index in [0.717, 1.165) is 12.1 Å². The van der Waals surface area contributed by atoms with Crippen molar-refractivity contribution in [3.05, 3.63) is 29.6 Å². The standard InChI is InChI=1S/C14H23FN2/c1-10(16)11-6-7-13(12(15)8-11)17(5)9-14(2,3)4/h6-8,10H,9,16H2,1-5H3. The van der Waals surface area contributed by atoms with Gasteiger partial charge in [-0.25, -0.2) is 4.39 Å². The van der Waals surface area contributed by atoms with Crippen LogP contribution in [0.3, 0.4) is 0 Å². The predicted octanol–water partition coefficient (Wildman–Crippen LogP) is 3.33. The summed E-state index contributed by atoms with van der Waals surface area (Å²) >= 11 is 0. The first kappa shape index (κ1) is 14.0. The molecule has 0 amide bonds. The molecule has 0 fully saturated rings. The lowest BCUT2D eigenvalue weighted by Gasteiger charge is -2.28. The van der Waals surface area contributed by atoms with E-state index in [1.54, 1.807) is 6.07 Å². The van der Waals surface area contributed by atoms with Crippen LogP contribution in [0.15, 0.2) is 18.2 Å². The zero-order valence-electron chi connectivity index (χ0n) is 11.4. The van der Waals surface area contributed by atoms with Crippen molar-refractivity contribution in [1.82, 2.24) is 0 Å². The Morgan fingerprint density at radius 3 is 2.35 bits per heavy atom. The van der Waals surface area contributed by atoms with Gasteiger partial charge in [0.05, 0.1) is 5.69 Å². The number of hydrogen-bond donors (Lipinski definition) is 1. The smallest absolute Gasteiger partial charge is 0.146 e. The summed E-state index contributed by atoms with van der Waals surface area (Å²) in [6.45, 7) is 9.07. The Hall–Kier alpha value is -1.09. The molecule has 0 heterocycles. The quantitative estimate of drug-likeness (QED) is 0.875. The molecular weight excluding hydrogens is 215 g/mol. The highest BCUT2D eigenvalue weighted by Crippen LogP contribution is 2.25. The van der Waals surface area contributed by atoms with Crippen LogP contribution < -0.4 is 10.6 Å². The Balaban J connectivity index is 2.92. The Bertz CT molecular complexity index is 380. The third-order valence-corrected chi connectivity index (χ3v) is 2.62. The Kier molecular flexibility index (Phi) is 4.15. The molecule has 1 unspecified atom stereocenters. The fraction of sp³-hybridized carbons (Fsp3) is 0.571. The molecule has 2 nitrogen and oxygen atoms in total. The molecule has 2 N–H and O–H groups in total. The highest BCUT2D eigenvalue weighted by molar-refractivity contribution is 5.49. The van der Waals surface area contributed by atoms with E-state index in [9.17, 15) is 4.39 Å². The summed E-state index contributed by atoms with van der Waals surface area (Å²) in [5.74, 6) is -0.202. The molecule has 0 aliphatic rings. The Labute approximate surface area is 104 Å². The molecule has 0 aliphatic heterocycles. The number of anilines is 1. The first-order valence-corrected chi connectivity index (χ1v) is 5.97. The predicted molar refractivity (Wildman–Crippen MR) is 71.7 cm³/mol. The lowest BCUT2D eigenvalue weighted by Crippen LogP contribution is -2.29. The first-order valence-electron chi connectivity index (χ1n) is 5.97. The van der Waals surface area contributed by atoms with Crippen molar-refractivity contribution in [2.75, 3.05) is 18.5 Å². The molecule has 3 heteroatoms. The van der Waals surface area contributed by atoms with Gasteiger partial charge in [0, 0.05) is 19.6 Å². The van der Waals surface area contributed by atoms with E-state index < -0.39 is 0 Å². The minimum atomic E-state index is -0.202. The van der Waals surface area contributed by atoms with Crippen LogP contribution in [-0.2, 0) is 0 Å². The van der Waals surface area contributed by atoms with E-state index in [2.05, 4.69) is 20.8 Å². The van der Waals surface area contributed by atoms with Crippen molar-refractivity contribution in [3.8, 4) is 0 Å². The number of halogens is 1. The summed E-state index contributed by atoms with van der Waals surface area (Å²) in [5, 5.41) is 0. The fourth-order valence-corrected chi connectivity index (χ4v) is 1.91. The summed E-state index contributed by atoms with van der Waals surface area (Å²) in [6, 6.07) is 5.09. The molecule has 96 valence electrons. The largest absolute Gasteiger partial charge is 0.372 e. The number of nitrogens with two attached hydrogens (primary N) is 1. The van der Waals surface area contributed by atoms with Gasteiger partial charge < -0.3 is 10.6 Å². The van der Waals surface area contributed by atoms with E-state index in [1.807, 2.05) is 24.9 Å². The molecule has 0 saturated carbocycles. The topological polar surface area (TPSA) is 29.3 Å². The van der Waals surface area contributed by atoms with Crippen molar-refractivity contribution < 1.29 is 4.39 Å². The van der Waals surface area contributed by atoms with Crippen LogP contribution in [0.1, 0.15) is 39.3 Å². The van der Waals surface area contributed by atoms with Crippen LogP contribution in [-0.4, -0.2) is 13.6 Å². The van der Waals surface area contributed by atoms with Gasteiger partial charge in [0.25, 0.3) is 0 Å². The number of nitrogens with zero attached hydrogens (tertiary/aromatic N) is 1. The van der Waals surface area contributed by atoms with Crippen LogP contribution in [0.2, 0.25) is 0 Å². The minimum absolute atomic E-state index is 0.133. The number of benzene rings is 1. The maximum absolute atomic E-state index is 13.9. The van der Waals surface area contributed by atoms with Crippen molar-refractivity contribution in [3.63, 3.8) is 0 Å². The normalized spacial score (nSPS) is 13.6. The molecule has 17 heavy (non-hydrogen) atoms. The van der Waals surface area contributed by atoms with Gasteiger partial charge in [-0.15, -0.1) is 0 Å². The van der Waals surface area contributed by atoms with Gasteiger partial charge in [-0.05, 0) is 30.0 Å². The van der Waals surface area contributed by atoms with Crippen LogP contribution in [0, 0.1) is 11.2 Å². The van der Waals surface area contributed by atoms with E-state index in [-0.39, 0.29) is 17.3 Å². The average molecular weight is 238 g/mol. The molecule has 1 aromatic rings. The van der Waals surface area contributed by atoms with Gasteiger partial charge in [-0.2, -0.15) is 0 Å². The van der Waals surface area contributed by atoms with Gasteiger partial charge in [-0.1, -0.05) is 26.8 Å². The molecule has 1 rings (SSSR count). The van der Waals surface area contributed by atoms with E-state index >= 15 is 0 Å². The number of rotatable bonds is 3. The van der Waals surface area contributed by atoms with Crippen molar-refractivity contribution in [2.45, 2.75) is 33.7 Å². The SMILES string of the molecule is CC(N)c1ccc(N(C)CC(C)(C)C)c(F)c1. The summed E-state index contributed by atoms with van der Waals surface area (Å²) in [5.41, 5.74) is 7.33. The number of hydrogen-bond acceptors (Lipinski definition) is 2. The average Bonchev–Trinajstić information content (AvgIpc) is 2.14. The highest BCUT2D eigenvalue weighted by Gasteiger charge is 2.16. The molecule has 0 saturated heterocycles. The lowest BCUT2D eigenvalue weighted by atomic mass is 9.96. The van der Waals surface area contributed by atoms with Gasteiger partial charge in [0.2, 0.25) is 0 Å². The Morgan fingerprint density at radius 2 is 1.94 bits per heavy atom. The molecule has 1 atom stereocenters. The van der Waals surface area contributed by atoms with Crippen LogP contribution in [0.4, 0.5) is 10.1 Å². The zero-order chi connectivity index (χ0) is 13.2. The second-order valence-electron chi connectivity index (χ2n) is 5.92. The summed E-state index contributed by atoms with van der Waals surface area (Å²) in [6.07, 6.45) is 0. The van der Waals surface area contributed by atoms with Crippen LogP contribution >= 0.6 is 0 Å². The monoisotopic (exact) mass is 238 g/mol. The third-order valence-electron chi connectivity index (χ3n) is 2.62. The summed E-state index contributed by atoms with van der Waals surface area (Å²) < 4.78 is 13.9. The molecule has 0 spiro atoms. The second-order valence-corrected chi connectivity index (χ2v) is 5.92. The van der Waals surface area contributed by atoms with Crippen LogP contribution in [0.5, 0.6) is 0 Å². The fourth-order valence-electron chi connectivity index (χ4n) is 1.91. The molecular formula is C14H23FN2. The molecule has 0 radical (unpaired) electrons. The maximum atomic E-state index is 13.9. The van der Waals surface area contributed by atoms with E-state index in [1.165, 1.54) is 6.07 Å². The summed E-state index contributed by atoms with van der Waals surface area (Å²) in [7, 11) is 1.91. The van der Waals surface area contributed by atoms with Gasteiger partial charge in [0.1, 0.15) is 5.82 Å². The second kappa shape index (κ2) is 5.05. The van der Waals surface area contributed by atoms with E-state index in [0.29, 0.717) is 5.69 Å². The molecule has 0 aromatic heterocycles. The van der Waals surface area contributed by atoms with Crippen molar-refractivity contribution in [1.29, 1.82) is 0 Å². The Morgan fingerprint density at radius 1 is 1.35 bits per heavy atom. The maximum Gasteiger partial charge on any atom is 0.146 e. The molecule has 0 aliphatic carbocycles. The molecule has 1 aromatic carbocycles. The molecule has 0 bridgehead atoms. The zero-order valence-corrected chi connectivity index (χ0v) is 11.4. The van der Waals surface area contributed by atoms with E-state index in [4.69, 9.17) is 5.73 Å². The van der Waals surface area contributed by atoms with Gasteiger partial charge in [-0.3, -0.25) is 0 Å². The van der Waals surface area contributed by atoms with Crippen LogP contribution in [0.25, 0.3) is 0 Å². The van der Waals surface area contributed by atoms with Gasteiger partial charge in [0.15, 0.2) is 0 Å². The van der Waals surface area contributed by atoms with Crippen molar-refractivity contribution >= 4 is 5.69 Å². The van der Waals surface area contributed by atoms with Gasteiger partial charge >= 0.3 is 0 Å². The lowest BCUT2D eigenvalue weighted by molar-refractivity contribution is 0.417. The highest BCUT2D eigenvalue weighted by atomic mass is 19.1. The minimum Gasteiger partial charge on any atom is -0.372 e. The summed E-state index contributed by atoms with van der Waals surface area (Å²) in [4.78, 5) is 1.94.